The number of carbonyl (C=O) groups is 1. The van der Waals surface area contributed by atoms with Crippen LogP contribution >= 0.6 is 11.6 Å². The van der Waals surface area contributed by atoms with Crippen LogP contribution in [0, 0.1) is 0 Å². The molecule has 0 aliphatic carbocycles. The Morgan fingerprint density at radius 2 is 1.96 bits per heavy atom. The Kier molecular flexibility index (Phi) is 4.96. The monoisotopic (exact) mass is 340 g/mol. The highest BCUT2D eigenvalue weighted by Gasteiger charge is 2.11. The van der Waals surface area contributed by atoms with Crippen LogP contribution in [-0.2, 0) is 4.79 Å². The molecule has 0 spiro atoms. The molecular weight excluding hydrogens is 324 g/mol. The quantitative estimate of drug-likeness (QED) is 0.759. The van der Waals surface area contributed by atoms with E-state index in [1.54, 1.807) is 24.5 Å². The molecule has 0 radical (unpaired) electrons. The molecule has 0 saturated heterocycles. The van der Waals surface area contributed by atoms with E-state index in [1.165, 1.54) is 0 Å². The van der Waals surface area contributed by atoms with Gasteiger partial charge < -0.3 is 10.1 Å². The number of fused-ring (bicyclic) bond motifs is 1. The molecule has 1 atom stereocenters. The number of aromatic nitrogens is 1. The fraction of sp³-hybridized carbons (Fsp3) is 0.158. The Hall–Kier alpha value is -2.59. The van der Waals surface area contributed by atoms with Gasteiger partial charge in [0.05, 0.1) is 6.04 Å². The second kappa shape index (κ2) is 7.32. The molecule has 0 bridgehead atoms. The second-order valence-corrected chi connectivity index (χ2v) is 5.86. The molecular formula is C19H17ClN2O2. The van der Waals surface area contributed by atoms with Gasteiger partial charge in [-0.05, 0) is 30.7 Å². The first-order valence-electron chi connectivity index (χ1n) is 7.64. The molecule has 0 fully saturated rings. The van der Waals surface area contributed by atoms with Gasteiger partial charge in [-0.15, -0.1) is 0 Å². The van der Waals surface area contributed by atoms with Crippen molar-refractivity contribution >= 4 is 28.3 Å². The van der Waals surface area contributed by atoms with Crippen molar-refractivity contribution in [1.82, 2.24) is 10.3 Å². The molecule has 0 saturated carbocycles. The summed E-state index contributed by atoms with van der Waals surface area (Å²) in [5.41, 5.74) is 0.947. The minimum Gasteiger partial charge on any atom is -0.483 e. The van der Waals surface area contributed by atoms with E-state index >= 15 is 0 Å². The van der Waals surface area contributed by atoms with Crippen molar-refractivity contribution in [3.8, 4) is 5.75 Å². The maximum atomic E-state index is 12.1. The average molecular weight is 341 g/mol. The molecule has 1 aromatic heterocycles. The Morgan fingerprint density at radius 1 is 1.17 bits per heavy atom. The van der Waals surface area contributed by atoms with E-state index < -0.39 is 0 Å². The molecule has 1 N–H and O–H groups in total. The van der Waals surface area contributed by atoms with E-state index in [2.05, 4.69) is 10.3 Å². The maximum absolute atomic E-state index is 12.1. The molecule has 0 aliphatic heterocycles. The number of pyridine rings is 1. The number of hydrogen-bond acceptors (Lipinski definition) is 3. The van der Waals surface area contributed by atoms with Gasteiger partial charge in [-0.2, -0.15) is 0 Å². The molecule has 1 heterocycles. The number of rotatable bonds is 5. The topological polar surface area (TPSA) is 51.2 Å². The molecule has 24 heavy (non-hydrogen) atoms. The summed E-state index contributed by atoms with van der Waals surface area (Å²) >= 11 is 6.19. The zero-order chi connectivity index (χ0) is 16.9. The number of amides is 1. The number of carbonyl (C=O) groups excluding carboxylic acids is 1. The fourth-order valence-corrected chi connectivity index (χ4v) is 2.73. The highest BCUT2D eigenvalue weighted by atomic mass is 35.5. The summed E-state index contributed by atoms with van der Waals surface area (Å²) in [6, 6.07) is 14.9. The summed E-state index contributed by atoms with van der Waals surface area (Å²) in [7, 11) is 0. The number of ether oxygens (including phenoxy) is 1. The summed E-state index contributed by atoms with van der Waals surface area (Å²) in [5, 5.41) is 5.35. The van der Waals surface area contributed by atoms with Crippen LogP contribution in [-0.4, -0.2) is 17.5 Å². The zero-order valence-electron chi connectivity index (χ0n) is 13.2. The Balaban J connectivity index is 1.66. The van der Waals surface area contributed by atoms with Crippen molar-refractivity contribution in [3.05, 3.63) is 71.5 Å². The van der Waals surface area contributed by atoms with E-state index in [4.69, 9.17) is 16.3 Å². The maximum Gasteiger partial charge on any atom is 0.258 e. The van der Waals surface area contributed by atoms with Crippen LogP contribution in [0.2, 0.25) is 5.02 Å². The first-order valence-corrected chi connectivity index (χ1v) is 8.02. The van der Waals surface area contributed by atoms with Crippen LogP contribution in [0.15, 0.2) is 60.9 Å². The highest BCUT2D eigenvalue weighted by molar-refractivity contribution is 6.35. The van der Waals surface area contributed by atoms with Gasteiger partial charge in [-0.1, -0.05) is 41.9 Å². The van der Waals surface area contributed by atoms with Crippen molar-refractivity contribution in [2.24, 2.45) is 0 Å². The van der Waals surface area contributed by atoms with Crippen LogP contribution in [0.3, 0.4) is 0 Å². The highest BCUT2D eigenvalue weighted by Crippen LogP contribution is 2.31. The smallest absolute Gasteiger partial charge is 0.258 e. The molecule has 0 unspecified atom stereocenters. The van der Waals surface area contributed by atoms with Gasteiger partial charge in [-0.3, -0.25) is 9.78 Å². The van der Waals surface area contributed by atoms with Crippen LogP contribution in [0.5, 0.6) is 5.75 Å². The number of hydrogen-bond donors (Lipinski definition) is 1. The normalized spacial score (nSPS) is 11.9. The summed E-state index contributed by atoms with van der Waals surface area (Å²) < 4.78 is 5.69. The second-order valence-electron chi connectivity index (χ2n) is 5.46. The Bertz CT molecular complexity index is 852. The first kappa shape index (κ1) is 16.3. The standard InChI is InChI=1S/C19H17ClN2O2/c1-13(14-5-4-10-21-11-14)22-19(23)12-24-18-9-8-17(20)15-6-2-3-7-16(15)18/h2-11,13H,12H2,1H3,(H,22,23)/t13-/m1/s1. The predicted molar refractivity (Wildman–Crippen MR) is 95.2 cm³/mol. The summed E-state index contributed by atoms with van der Waals surface area (Å²) in [4.78, 5) is 16.2. The third kappa shape index (κ3) is 3.66. The minimum atomic E-state index is -0.189. The molecule has 4 nitrogen and oxygen atoms in total. The molecule has 1 amide bonds. The molecule has 0 aliphatic rings. The summed E-state index contributed by atoms with van der Waals surface area (Å²) in [6.07, 6.45) is 3.44. The van der Waals surface area contributed by atoms with Gasteiger partial charge in [0.1, 0.15) is 5.75 Å². The van der Waals surface area contributed by atoms with Crippen LogP contribution < -0.4 is 10.1 Å². The van der Waals surface area contributed by atoms with Gasteiger partial charge in [0, 0.05) is 28.2 Å². The first-order chi connectivity index (χ1) is 11.6. The van der Waals surface area contributed by atoms with Gasteiger partial charge in [0.25, 0.3) is 5.91 Å². The summed E-state index contributed by atoms with van der Waals surface area (Å²) in [5.74, 6) is 0.449. The Morgan fingerprint density at radius 3 is 2.71 bits per heavy atom. The van der Waals surface area contributed by atoms with E-state index in [0.29, 0.717) is 10.8 Å². The predicted octanol–water partition coefficient (Wildman–Crippen LogP) is 4.14. The Labute approximate surface area is 145 Å². The number of nitrogens with one attached hydrogen (secondary N) is 1. The lowest BCUT2D eigenvalue weighted by atomic mass is 10.1. The lowest BCUT2D eigenvalue weighted by Crippen LogP contribution is -2.31. The van der Waals surface area contributed by atoms with Gasteiger partial charge in [0.15, 0.2) is 6.61 Å². The SMILES string of the molecule is C[C@@H](NC(=O)COc1ccc(Cl)c2ccccc12)c1cccnc1. The van der Waals surface area contributed by atoms with Crippen molar-refractivity contribution in [2.75, 3.05) is 6.61 Å². The number of nitrogens with zero attached hydrogens (tertiary/aromatic N) is 1. The molecule has 3 aromatic rings. The van der Waals surface area contributed by atoms with Crippen LogP contribution in [0.4, 0.5) is 0 Å². The van der Waals surface area contributed by atoms with Crippen molar-refractivity contribution in [2.45, 2.75) is 13.0 Å². The van der Waals surface area contributed by atoms with Crippen molar-refractivity contribution < 1.29 is 9.53 Å². The zero-order valence-corrected chi connectivity index (χ0v) is 14.0. The third-order valence-corrected chi connectivity index (χ3v) is 4.08. The van der Waals surface area contributed by atoms with Crippen molar-refractivity contribution in [1.29, 1.82) is 0 Å². The average Bonchev–Trinajstić information content (AvgIpc) is 2.62. The fourth-order valence-electron chi connectivity index (χ4n) is 2.50. The lowest BCUT2D eigenvalue weighted by Gasteiger charge is -2.15. The lowest BCUT2D eigenvalue weighted by molar-refractivity contribution is -0.123. The number of halogens is 1. The van der Waals surface area contributed by atoms with E-state index in [9.17, 15) is 4.79 Å². The van der Waals surface area contributed by atoms with E-state index in [1.807, 2.05) is 43.3 Å². The molecule has 2 aromatic carbocycles. The van der Waals surface area contributed by atoms with Crippen LogP contribution in [0.1, 0.15) is 18.5 Å². The van der Waals surface area contributed by atoms with E-state index in [0.717, 1.165) is 16.3 Å². The molecule has 3 rings (SSSR count). The van der Waals surface area contributed by atoms with Crippen LogP contribution in [0.25, 0.3) is 10.8 Å². The van der Waals surface area contributed by atoms with Gasteiger partial charge in [-0.25, -0.2) is 0 Å². The minimum absolute atomic E-state index is 0.0593. The van der Waals surface area contributed by atoms with Gasteiger partial charge in [0.2, 0.25) is 0 Å². The van der Waals surface area contributed by atoms with E-state index in [-0.39, 0.29) is 18.6 Å². The summed E-state index contributed by atoms with van der Waals surface area (Å²) in [6.45, 7) is 1.85. The number of benzene rings is 2. The third-order valence-electron chi connectivity index (χ3n) is 3.75. The molecule has 122 valence electrons. The largest absolute Gasteiger partial charge is 0.483 e. The van der Waals surface area contributed by atoms with Crippen molar-refractivity contribution in [3.63, 3.8) is 0 Å². The van der Waals surface area contributed by atoms with Gasteiger partial charge >= 0.3 is 0 Å². The molecule has 5 heteroatoms.